The van der Waals surface area contributed by atoms with Crippen LogP contribution in [0.4, 0.5) is 0 Å². The molecule has 3 aromatic rings. The number of ketones is 1. The minimum absolute atomic E-state index is 0.0941. The summed E-state index contributed by atoms with van der Waals surface area (Å²) in [5.41, 5.74) is 2.93. The second kappa shape index (κ2) is 11.2. The predicted molar refractivity (Wildman–Crippen MR) is 169 cm³/mol. The lowest BCUT2D eigenvalue weighted by Crippen LogP contribution is -2.75. The highest BCUT2D eigenvalue weighted by atomic mass is 16.3. The molecular weight excluding hydrogens is 536 g/mol. The fourth-order valence-corrected chi connectivity index (χ4v) is 8.18. The quantitative estimate of drug-likeness (QED) is 0.298. The van der Waals surface area contributed by atoms with Crippen molar-refractivity contribution in [2.24, 2.45) is 5.92 Å². The Balaban J connectivity index is 1.23. The first-order valence-electron chi connectivity index (χ1n) is 15.9. The smallest absolute Gasteiger partial charge is 0.255 e. The Morgan fingerprint density at radius 2 is 1.70 bits per heavy atom. The number of likely N-dealkylation sites (N-methyl/N-ethyl adjacent to an activating group) is 1. The SMILES string of the molecule is Cc1ccc(C(=O)NCCc2ccc(-c3ccccc3)cc2)c(O)c1[C@]12CC[N+](C)(CC3CC3)C(C)[C@]1(O)CCC(=O)C2. The summed E-state index contributed by atoms with van der Waals surface area (Å²) in [7, 11) is 2.24. The van der Waals surface area contributed by atoms with E-state index in [0.29, 0.717) is 43.7 Å². The molecule has 4 atom stereocenters. The zero-order valence-corrected chi connectivity index (χ0v) is 25.7. The van der Waals surface area contributed by atoms with E-state index in [0.717, 1.165) is 39.8 Å². The summed E-state index contributed by atoms with van der Waals surface area (Å²) in [4.78, 5) is 26.5. The number of amides is 1. The Labute approximate surface area is 255 Å². The number of piperidine rings is 1. The van der Waals surface area contributed by atoms with Crippen LogP contribution in [0.1, 0.15) is 72.5 Å². The van der Waals surface area contributed by atoms with E-state index in [1.54, 1.807) is 6.07 Å². The number of quaternary nitrogens is 1. The van der Waals surface area contributed by atoms with Crippen LogP contribution >= 0.6 is 0 Å². The highest BCUT2D eigenvalue weighted by Crippen LogP contribution is 2.58. The minimum atomic E-state index is -1.16. The van der Waals surface area contributed by atoms with Gasteiger partial charge in [0.2, 0.25) is 0 Å². The summed E-state index contributed by atoms with van der Waals surface area (Å²) in [5, 5.41) is 27.4. The number of nitrogens with one attached hydrogen (secondary N) is 1. The summed E-state index contributed by atoms with van der Waals surface area (Å²) in [5.74, 6) is 0.378. The maximum absolute atomic E-state index is 13.4. The molecule has 1 amide bonds. The summed E-state index contributed by atoms with van der Waals surface area (Å²) in [6.07, 6.45) is 4.67. The Kier molecular flexibility index (Phi) is 7.72. The number of nitrogens with zero attached hydrogens (tertiary/aromatic N) is 1. The van der Waals surface area contributed by atoms with E-state index < -0.39 is 11.0 Å². The molecule has 1 aliphatic heterocycles. The highest BCUT2D eigenvalue weighted by Gasteiger charge is 2.66. The number of phenolic OH excluding ortho intramolecular Hbond substituents is 1. The second-order valence-electron chi connectivity index (χ2n) is 13.7. The van der Waals surface area contributed by atoms with Crippen LogP contribution in [0.2, 0.25) is 0 Å². The van der Waals surface area contributed by atoms with Gasteiger partial charge in [0.05, 0.1) is 25.7 Å². The normalized spacial score (nSPS) is 28.7. The van der Waals surface area contributed by atoms with Crippen molar-refractivity contribution in [3.63, 3.8) is 0 Å². The van der Waals surface area contributed by atoms with Crippen molar-refractivity contribution in [3.8, 4) is 16.9 Å². The molecule has 3 aromatic carbocycles. The number of aromatic hydroxyl groups is 1. The number of aryl methyl sites for hydroxylation is 1. The fraction of sp³-hybridized carbons (Fsp3) is 0.459. The molecule has 3 fully saturated rings. The largest absolute Gasteiger partial charge is 0.507 e. The average Bonchev–Trinajstić information content (AvgIpc) is 3.81. The number of likely N-dealkylation sites (tertiary alicyclic amines) is 1. The monoisotopic (exact) mass is 581 g/mol. The molecule has 3 N–H and O–H groups in total. The average molecular weight is 582 g/mol. The van der Waals surface area contributed by atoms with E-state index >= 15 is 0 Å². The third kappa shape index (κ3) is 5.29. The number of hydrogen-bond donors (Lipinski definition) is 3. The van der Waals surface area contributed by atoms with Crippen LogP contribution in [-0.2, 0) is 16.6 Å². The Morgan fingerprint density at radius 1 is 1.00 bits per heavy atom. The summed E-state index contributed by atoms with van der Waals surface area (Å²) in [6, 6.07) is 22.0. The molecule has 3 aliphatic rings. The fourth-order valence-electron chi connectivity index (χ4n) is 8.18. The van der Waals surface area contributed by atoms with Gasteiger partial charge in [0.1, 0.15) is 23.2 Å². The first kappa shape index (κ1) is 29.6. The number of benzene rings is 3. The van der Waals surface area contributed by atoms with Crippen LogP contribution < -0.4 is 5.32 Å². The van der Waals surface area contributed by atoms with E-state index in [4.69, 9.17) is 0 Å². The van der Waals surface area contributed by atoms with Gasteiger partial charge in [-0.1, -0.05) is 60.7 Å². The van der Waals surface area contributed by atoms with Gasteiger partial charge in [-0.3, -0.25) is 9.59 Å². The number of hydrogen-bond acceptors (Lipinski definition) is 4. The van der Waals surface area contributed by atoms with Gasteiger partial charge >= 0.3 is 0 Å². The zero-order chi connectivity index (χ0) is 30.4. The first-order chi connectivity index (χ1) is 20.6. The molecule has 0 spiro atoms. The first-order valence-corrected chi connectivity index (χ1v) is 15.9. The van der Waals surface area contributed by atoms with Gasteiger partial charge in [0, 0.05) is 42.7 Å². The second-order valence-corrected chi connectivity index (χ2v) is 13.7. The van der Waals surface area contributed by atoms with Gasteiger partial charge in [-0.05, 0) is 67.9 Å². The third-order valence-electron chi connectivity index (χ3n) is 11.0. The molecule has 1 saturated heterocycles. The van der Waals surface area contributed by atoms with Crippen molar-refractivity contribution >= 4 is 11.7 Å². The maximum atomic E-state index is 13.4. The van der Waals surface area contributed by atoms with Crippen molar-refractivity contribution in [2.45, 2.75) is 75.9 Å². The molecule has 2 unspecified atom stereocenters. The van der Waals surface area contributed by atoms with Crippen molar-refractivity contribution in [2.75, 3.05) is 26.7 Å². The molecule has 0 radical (unpaired) electrons. The molecule has 43 heavy (non-hydrogen) atoms. The lowest BCUT2D eigenvalue weighted by molar-refractivity contribution is -0.948. The van der Waals surface area contributed by atoms with Gasteiger partial charge in [-0.2, -0.15) is 0 Å². The molecular formula is C37H45N2O4+. The van der Waals surface area contributed by atoms with Gasteiger partial charge < -0.3 is 20.0 Å². The van der Waals surface area contributed by atoms with Crippen LogP contribution in [0.5, 0.6) is 5.75 Å². The standard InChI is InChI=1S/C37H44N2O4/c1-25-9-16-32(35(42)38-21-18-27-12-14-30(15-13-27)29-7-5-4-6-8-29)34(41)33(25)36-20-22-39(3,24-28-10-11-28)26(2)37(36,43)19-17-31(40)23-36/h4-9,12-16,26,28,43H,10-11,17-24H2,1-3H3,(H-,38,41,42)/p+1/t26?,36-,37-,39?/m1/s1. The van der Waals surface area contributed by atoms with Gasteiger partial charge in [0.25, 0.3) is 5.91 Å². The third-order valence-corrected chi connectivity index (χ3v) is 11.0. The molecule has 2 aliphatic carbocycles. The molecule has 0 bridgehead atoms. The van der Waals surface area contributed by atoms with E-state index in [1.807, 2.05) is 31.2 Å². The van der Waals surface area contributed by atoms with Crippen LogP contribution in [-0.4, -0.2) is 64.7 Å². The van der Waals surface area contributed by atoms with Crippen molar-refractivity contribution < 1.29 is 24.3 Å². The molecule has 2 saturated carbocycles. The van der Waals surface area contributed by atoms with Crippen molar-refractivity contribution in [1.29, 1.82) is 0 Å². The maximum Gasteiger partial charge on any atom is 0.255 e. The van der Waals surface area contributed by atoms with E-state index in [-0.39, 0.29) is 35.5 Å². The topological polar surface area (TPSA) is 86.6 Å². The number of phenols is 1. The van der Waals surface area contributed by atoms with Crippen LogP contribution in [0, 0.1) is 12.8 Å². The Morgan fingerprint density at radius 3 is 2.40 bits per heavy atom. The summed E-state index contributed by atoms with van der Waals surface area (Å²) in [6.45, 7) is 6.33. The van der Waals surface area contributed by atoms with Gasteiger partial charge in [0.15, 0.2) is 0 Å². The highest BCUT2D eigenvalue weighted by molar-refractivity contribution is 5.97. The number of aliphatic hydroxyl groups is 1. The van der Waals surface area contributed by atoms with E-state index in [2.05, 4.69) is 55.7 Å². The zero-order valence-electron chi connectivity index (χ0n) is 25.7. The molecule has 6 rings (SSSR count). The summed E-state index contributed by atoms with van der Waals surface area (Å²) >= 11 is 0. The molecule has 1 heterocycles. The summed E-state index contributed by atoms with van der Waals surface area (Å²) < 4.78 is 0.781. The Bertz CT molecular complexity index is 1520. The van der Waals surface area contributed by atoms with Gasteiger partial charge in [-0.15, -0.1) is 0 Å². The van der Waals surface area contributed by atoms with Crippen LogP contribution in [0.15, 0.2) is 66.7 Å². The minimum Gasteiger partial charge on any atom is -0.507 e. The van der Waals surface area contributed by atoms with Gasteiger partial charge in [-0.25, -0.2) is 0 Å². The van der Waals surface area contributed by atoms with Crippen molar-refractivity contribution in [3.05, 3.63) is 89.0 Å². The molecule has 6 nitrogen and oxygen atoms in total. The number of carbonyl (C=O) groups excluding carboxylic acids is 2. The number of Topliss-reactive ketones (excluding diaryl/α,β-unsaturated/α-hetero) is 1. The Hall–Kier alpha value is -3.48. The predicted octanol–water partition coefficient (Wildman–Crippen LogP) is 5.71. The molecule has 6 heteroatoms. The lowest BCUT2D eigenvalue weighted by Gasteiger charge is -2.62. The lowest BCUT2D eigenvalue weighted by atomic mass is 9.52. The number of carbonyl (C=O) groups is 2. The number of fused-ring (bicyclic) bond motifs is 1. The number of rotatable bonds is 8. The van der Waals surface area contributed by atoms with Crippen molar-refractivity contribution in [1.82, 2.24) is 5.32 Å². The molecule has 0 aromatic heterocycles. The van der Waals surface area contributed by atoms with Crippen LogP contribution in [0.25, 0.3) is 11.1 Å². The van der Waals surface area contributed by atoms with E-state index in [9.17, 15) is 19.8 Å². The molecule has 226 valence electrons. The van der Waals surface area contributed by atoms with E-state index in [1.165, 1.54) is 12.8 Å². The van der Waals surface area contributed by atoms with Crippen LogP contribution in [0.3, 0.4) is 0 Å².